The summed E-state index contributed by atoms with van der Waals surface area (Å²) in [4.78, 5) is 4.29. The third-order valence-electron chi connectivity index (χ3n) is 2.84. The quantitative estimate of drug-likeness (QED) is 0.763. The van der Waals surface area contributed by atoms with Gasteiger partial charge in [-0.3, -0.25) is 0 Å². The predicted molar refractivity (Wildman–Crippen MR) is 83.7 cm³/mol. The summed E-state index contributed by atoms with van der Waals surface area (Å²) in [6.07, 6.45) is 2.40. The van der Waals surface area contributed by atoms with E-state index in [1.54, 1.807) is 20.8 Å². The number of nitrogens with one attached hydrogen (secondary N) is 1. The Balaban J connectivity index is 3.05. The molecule has 0 saturated carbocycles. The van der Waals surface area contributed by atoms with Crippen molar-refractivity contribution >= 4 is 15.8 Å². The molecule has 0 saturated heterocycles. The van der Waals surface area contributed by atoms with Crippen molar-refractivity contribution in [3.8, 4) is 0 Å². The number of hydrogen-bond acceptors (Lipinski definition) is 5. The van der Waals surface area contributed by atoms with Gasteiger partial charge in [-0.15, -0.1) is 0 Å². The van der Waals surface area contributed by atoms with Crippen LogP contribution in [0.1, 0.15) is 34.1 Å². The zero-order valence-electron chi connectivity index (χ0n) is 13.1. The van der Waals surface area contributed by atoms with Gasteiger partial charge in [0, 0.05) is 31.9 Å². The van der Waals surface area contributed by atoms with Gasteiger partial charge in [0.05, 0.1) is 10.5 Å². The molecule has 1 heterocycles. The molecule has 2 N–H and O–H groups in total. The van der Waals surface area contributed by atoms with Gasteiger partial charge >= 0.3 is 0 Å². The average Bonchev–Trinajstić information content (AvgIpc) is 2.41. The van der Waals surface area contributed by atoms with Crippen molar-refractivity contribution < 1.29 is 13.5 Å². The van der Waals surface area contributed by atoms with Crippen LogP contribution in [0.5, 0.6) is 0 Å². The van der Waals surface area contributed by atoms with Crippen LogP contribution in [-0.2, 0) is 10.0 Å². The van der Waals surface area contributed by atoms with E-state index in [9.17, 15) is 13.5 Å². The van der Waals surface area contributed by atoms with Crippen LogP contribution in [0.2, 0.25) is 0 Å². The molecule has 21 heavy (non-hydrogen) atoms. The van der Waals surface area contributed by atoms with E-state index in [1.165, 1.54) is 22.6 Å². The maximum atomic E-state index is 12.6. The molecule has 1 aromatic rings. The molecule has 0 radical (unpaired) electrons. The number of rotatable bonds is 8. The van der Waals surface area contributed by atoms with Gasteiger partial charge in [-0.1, -0.05) is 13.8 Å². The van der Waals surface area contributed by atoms with Crippen LogP contribution in [0.4, 0.5) is 5.82 Å². The maximum absolute atomic E-state index is 12.6. The number of aliphatic hydroxyl groups is 1. The largest absolute Gasteiger partial charge is 0.389 e. The highest BCUT2D eigenvalue weighted by Crippen LogP contribution is 2.20. The SMILES string of the molecule is CCCNc1cc(S(=O)(=O)N(CC)CC(C)(C)O)ccn1. The van der Waals surface area contributed by atoms with Crippen molar-refractivity contribution in [2.75, 3.05) is 25.0 Å². The van der Waals surface area contributed by atoms with Gasteiger partial charge in [0.2, 0.25) is 10.0 Å². The van der Waals surface area contributed by atoms with E-state index in [4.69, 9.17) is 0 Å². The van der Waals surface area contributed by atoms with E-state index in [2.05, 4.69) is 10.3 Å². The number of nitrogens with zero attached hydrogens (tertiary/aromatic N) is 2. The molecule has 0 spiro atoms. The van der Waals surface area contributed by atoms with E-state index in [-0.39, 0.29) is 11.4 Å². The van der Waals surface area contributed by atoms with Crippen molar-refractivity contribution in [1.82, 2.24) is 9.29 Å². The summed E-state index contributed by atoms with van der Waals surface area (Å²) in [5.74, 6) is 0.539. The van der Waals surface area contributed by atoms with Crippen molar-refractivity contribution in [2.24, 2.45) is 0 Å². The van der Waals surface area contributed by atoms with Gasteiger partial charge in [-0.05, 0) is 26.3 Å². The highest BCUT2D eigenvalue weighted by Gasteiger charge is 2.28. The highest BCUT2D eigenvalue weighted by molar-refractivity contribution is 7.89. The second-order valence-corrected chi connectivity index (χ2v) is 7.49. The monoisotopic (exact) mass is 315 g/mol. The minimum atomic E-state index is -3.64. The third kappa shape index (κ3) is 5.26. The molecule has 0 fully saturated rings. The van der Waals surface area contributed by atoms with Crippen molar-refractivity contribution in [1.29, 1.82) is 0 Å². The standard InChI is InChI=1S/C14H25N3O3S/c1-5-8-15-13-10-12(7-9-16-13)21(19,20)17(6-2)11-14(3,4)18/h7,9-10,18H,5-6,8,11H2,1-4H3,(H,15,16). The molecule has 0 amide bonds. The minimum Gasteiger partial charge on any atom is -0.389 e. The third-order valence-corrected chi connectivity index (χ3v) is 4.76. The fourth-order valence-electron chi connectivity index (χ4n) is 1.87. The average molecular weight is 315 g/mol. The Labute approximate surface area is 127 Å². The van der Waals surface area contributed by atoms with Gasteiger partial charge in [-0.2, -0.15) is 4.31 Å². The van der Waals surface area contributed by atoms with Gasteiger partial charge in [-0.25, -0.2) is 13.4 Å². The van der Waals surface area contributed by atoms with Gasteiger partial charge in [0.15, 0.2) is 0 Å². The molecular formula is C14H25N3O3S. The number of anilines is 1. The Morgan fingerprint density at radius 1 is 1.38 bits per heavy atom. The number of likely N-dealkylation sites (N-methyl/N-ethyl adjacent to an activating group) is 1. The molecule has 0 atom stereocenters. The van der Waals surface area contributed by atoms with Crippen LogP contribution in [0.15, 0.2) is 23.2 Å². The van der Waals surface area contributed by atoms with E-state index < -0.39 is 15.6 Å². The lowest BCUT2D eigenvalue weighted by atomic mass is 10.1. The molecular weight excluding hydrogens is 290 g/mol. The van der Waals surface area contributed by atoms with E-state index in [0.29, 0.717) is 12.4 Å². The van der Waals surface area contributed by atoms with E-state index in [0.717, 1.165) is 13.0 Å². The van der Waals surface area contributed by atoms with Crippen LogP contribution in [0, 0.1) is 0 Å². The molecule has 0 aliphatic carbocycles. The predicted octanol–water partition coefficient (Wildman–Crippen LogP) is 1.68. The Hall–Kier alpha value is -1.18. The van der Waals surface area contributed by atoms with Crippen LogP contribution in [0.3, 0.4) is 0 Å². The second-order valence-electron chi connectivity index (χ2n) is 5.55. The van der Waals surface area contributed by atoms with Crippen molar-refractivity contribution in [3.63, 3.8) is 0 Å². The number of pyridine rings is 1. The smallest absolute Gasteiger partial charge is 0.243 e. The molecule has 0 aromatic carbocycles. The number of aromatic nitrogens is 1. The second kappa shape index (κ2) is 7.20. The molecule has 0 unspecified atom stereocenters. The van der Waals surface area contributed by atoms with Crippen LogP contribution in [-0.4, -0.2) is 48.0 Å². The molecule has 120 valence electrons. The molecule has 1 rings (SSSR count). The zero-order valence-corrected chi connectivity index (χ0v) is 13.9. The van der Waals surface area contributed by atoms with Crippen molar-refractivity contribution in [2.45, 2.75) is 44.6 Å². The first kappa shape index (κ1) is 17.9. The fraction of sp³-hybridized carbons (Fsp3) is 0.643. The maximum Gasteiger partial charge on any atom is 0.243 e. The Morgan fingerprint density at radius 2 is 2.05 bits per heavy atom. The Kier molecular flexibility index (Phi) is 6.12. The lowest BCUT2D eigenvalue weighted by molar-refractivity contribution is 0.0601. The van der Waals surface area contributed by atoms with Gasteiger partial charge in [0.1, 0.15) is 5.82 Å². The fourth-order valence-corrected chi connectivity index (χ4v) is 3.49. The number of sulfonamides is 1. The van der Waals surface area contributed by atoms with Gasteiger partial charge < -0.3 is 10.4 Å². The molecule has 0 aliphatic heterocycles. The minimum absolute atomic E-state index is 0.0475. The molecule has 1 aromatic heterocycles. The molecule has 0 aliphatic rings. The first-order valence-electron chi connectivity index (χ1n) is 7.13. The van der Waals surface area contributed by atoms with Crippen LogP contribution < -0.4 is 5.32 Å². The summed E-state index contributed by atoms with van der Waals surface area (Å²) in [7, 11) is -3.64. The molecule has 7 heteroatoms. The lowest BCUT2D eigenvalue weighted by Gasteiger charge is -2.27. The summed E-state index contributed by atoms with van der Waals surface area (Å²) in [6, 6.07) is 3.00. The first-order chi connectivity index (χ1) is 9.70. The van der Waals surface area contributed by atoms with E-state index in [1.807, 2.05) is 6.92 Å². The van der Waals surface area contributed by atoms with Gasteiger partial charge in [0.25, 0.3) is 0 Å². The van der Waals surface area contributed by atoms with Crippen molar-refractivity contribution in [3.05, 3.63) is 18.3 Å². The summed E-state index contributed by atoms with van der Waals surface area (Å²) in [6.45, 7) is 8.03. The summed E-state index contributed by atoms with van der Waals surface area (Å²) in [5.41, 5.74) is -1.08. The molecule has 0 bridgehead atoms. The Bertz CT molecular complexity index is 553. The van der Waals surface area contributed by atoms with Crippen LogP contribution >= 0.6 is 0 Å². The first-order valence-corrected chi connectivity index (χ1v) is 8.57. The summed E-state index contributed by atoms with van der Waals surface area (Å²) in [5, 5.41) is 12.9. The van der Waals surface area contributed by atoms with E-state index >= 15 is 0 Å². The normalized spacial score (nSPS) is 12.7. The Morgan fingerprint density at radius 3 is 2.57 bits per heavy atom. The molecule has 6 nitrogen and oxygen atoms in total. The highest BCUT2D eigenvalue weighted by atomic mass is 32.2. The lowest BCUT2D eigenvalue weighted by Crippen LogP contribution is -2.42. The van der Waals surface area contributed by atoms with Crippen LogP contribution in [0.25, 0.3) is 0 Å². The summed E-state index contributed by atoms with van der Waals surface area (Å²) >= 11 is 0. The topological polar surface area (TPSA) is 82.5 Å². The number of hydrogen-bond donors (Lipinski definition) is 2. The zero-order chi connectivity index (χ0) is 16.1. The summed E-state index contributed by atoms with van der Waals surface area (Å²) < 4.78 is 26.5.